The number of hydrogen-bond acceptors (Lipinski definition) is 5. The summed E-state index contributed by atoms with van der Waals surface area (Å²) < 4.78 is 14.6. The summed E-state index contributed by atoms with van der Waals surface area (Å²) in [5.74, 6) is 1.41. The van der Waals surface area contributed by atoms with E-state index in [2.05, 4.69) is 478 Å². The second-order valence-corrected chi connectivity index (χ2v) is 37.0. The normalized spacial score (nSPS) is 12.1. The summed E-state index contributed by atoms with van der Waals surface area (Å²) in [6, 6.07) is 165. The fourth-order valence-corrected chi connectivity index (χ4v) is 23.4. The lowest BCUT2D eigenvalue weighted by molar-refractivity contribution is 1.17. The first-order chi connectivity index (χ1) is 67.4. The van der Waals surface area contributed by atoms with Crippen molar-refractivity contribution in [2.45, 2.75) is 0 Å². The second-order valence-electron chi connectivity index (χ2n) is 35.9. The molecule has 0 unspecified atom stereocenters. The Labute approximate surface area is 782 Å². The molecule has 30 aromatic rings. The van der Waals surface area contributed by atoms with Gasteiger partial charge in [0.05, 0.1) is 77.6 Å². The minimum Gasteiger partial charge on any atom is -0.309 e. The first-order valence-electron chi connectivity index (χ1n) is 46.4. The summed E-state index contributed by atoms with van der Waals surface area (Å²) in [6.45, 7) is 0. The second kappa shape index (κ2) is 29.8. The van der Waals surface area contributed by atoms with E-state index in [1.54, 1.807) is 0 Å². The maximum atomic E-state index is 5.40. The molecule has 0 radical (unpaired) electrons. The van der Waals surface area contributed by atoms with Gasteiger partial charge in [0.25, 0.3) is 0 Å². The molecular weight excluding hydrogens is 1670 g/mol. The van der Waals surface area contributed by atoms with Crippen LogP contribution in [0, 0.1) is 0 Å². The Balaban J connectivity index is 0.000000133. The molecule has 30 rings (SSSR count). The lowest BCUT2D eigenvalue weighted by Gasteiger charge is -2.13. The molecule has 9 nitrogen and oxygen atoms in total. The topological polar surface area (TPSA) is 76.2 Å². The molecule has 630 valence electrons. The summed E-state index contributed by atoms with van der Waals surface area (Å²) in [5, 5.41) is 29.2. The largest absolute Gasteiger partial charge is 0.309 e. The van der Waals surface area contributed by atoms with Gasteiger partial charge in [-0.05, 0) is 218 Å². The number of fused-ring (bicyclic) bond motifs is 27. The van der Waals surface area contributed by atoms with Gasteiger partial charge in [0.15, 0.2) is 11.6 Å². The highest BCUT2D eigenvalue weighted by Crippen LogP contribution is 2.47. The summed E-state index contributed by atoms with van der Waals surface area (Å²) in [4.78, 5) is 21.2. The van der Waals surface area contributed by atoms with Crippen LogP contribution in [-0.4, -0.2) is 42.8 Å². The lowest BCUT2D eigenvalue weighted by Crippen LogP contribution is -1.98. The van der Waals surface area contributed by atoms with E-state index in [0.717, 1.165) is 111 Å². The number of rotatable bonds is 9. The number of nitrogens with zero attached hydrogens (tertiary/aromatic N) is 9. The lowest BCUT2D eigenvalue weighted by atomic mass is 10.0. The van der Waals surface area contributed by atoms with Gasteiger partial charge in [0.2, 0.25) is 0 Å². The third-order valence-corrected chi connectivity index (χ3v) is 29.5. The van der Waals surface area contributed by atoms with Crippen molar-refractivity contribution in [3.05, 3.63) is 455 Å². The van der Waals surface area contributed by atoms with Gasteiger partial charge in [-0.2, -0.15) is 0 Å². The number of thiophene rings is 1. The van der Waals surface area contributed by atoms with E-state index >= 15 is 0 Å². The number of benzene rings is 22. The summed E-state index contributed by atoms with van der Waals surface area (Å²) in [7, 11) is 0. The van der Waals surface area contributed by atoms with E-state index in [1.807, 2.05) is 11.3 Å². The van der Waals surface area contributed by atoms with Crippen LogP contribution < -0.4 is 0 Å². The smallest absolute Gasteiger partial charge is 0.160 e. The average Bonchev–Trinajstić information content (AvgIpc) is 1.57. The van der Waals surface area contributed by atoms with Gasteiger partial charge in [-0.15, -0.1) is 11.3 Å². The van der Waals surface area contributed by atoms with E-state index < -0.39 is 0 Å². The highest BCUT2D eigenvalue weighted by Gasteiger charge is 2.25. The molecular formula is C126H75N9S. The van der Waals surface area contributed by atoms with E-state index in [9.17, 15) is 0 Å². The van der Waals surface area contributed by atoms with Crippen LogP contribution in [-0.2, 0) is 0 Å². The highest BCUT2D eigenvalue weighted by molar-refractivity contribution is 7.25. The van der Waals surface area contributed by atoms with Crippen LogP contribution >= 0.6 is 11.3 Å². The fourth-order valence-electron chi connectivity index (χ4n) is 22.3. The molecule has 0 aliphatic carbocycles. The van der Waals surface area contributed by atoms with Crippen LogP contribution in [0.1, 0.15) is 0 Å². The Bertz CT molecular complexity index is 10400. The van der Waals surface area contributed by atoms with Gasteiger partial charge in [0, 0.05) is 135 Å². The Morgan fingerprint density at radius 1 is 0.154 bits per heavy atom. The molecule has 0 spiro atoms. The molecule has 0 atom stereocenters. The van der Waals surface area contributed by atoms with Crippen molar-refractivity contribution in [1.82, 2.24) is 42.8 Å². The van der Waals surface area contributed by atoms with Crippen molar-refractivity contribution in [2.24, 2.45) is 0 Å². The SMILES string of the molecule is c1cc(-c2nc(-c3ccc4c(c3)sc3ccccc34)c3ccccc3n2)cc(-n2c3ccccc3c3cc4ccc(-n5c6ccccc6c6c7ccccc7ccc65)cc4cc32)c1.c1ccc(-n2c3ccccc3c3ccc(-c4nc(-c5ccc6cc(-n7c8ccccc8c8cc9ccc(-n%10c%11ccccc%11c%11c%12ccccc%12ccc%11%10)cc9cc87)ccc6c5)nc5ccccc45)cc32)cc1. The van der Waals surface area contributed by atoms with Crippen molar-refractivity contribution in [1.29, 1.82) is 0 Å². The molecule has 0 amide bonds. The molecule has 10 heteroatoms. The molecule has 8 heterocycles. The van der Waals surface area contributed by atoms with E-state index in [0.29, 0.717) is 11.6 Å². The number of aromatic nitrogens is 9. The quantitative estimate of drug-likeness (QED) is 0.144. The zero-order valence-electron chi connectivity index (χ0n) is 73.2. The van der Waals surface area contributed by atoms with Crippen molar-refractivity contribution in [2.75, 3.05) is 0 Å². The third-order valence-electron chi connectivity index (χ3n) is 28.4. The Morgan fingerprint density at radius 2 is 0.507 bits per heavy atom. The predicted molar refractivity (Wildman–Crippen MR) is 573 cm³/mol. The molecule has 0 fully saturated rings. The first kappa shape index (κ1) is 75.8. The van der Waals surface area contributed by atoms with Crippen LogP contribution in [0.4, 0.5) is 0 Å². The molecule has 0 saturated heterocycles. The highest BCUT2D eigenvalue weighted by atomic mass is 32.1. The van der Waals surface area contributed by atoms with Gasteiger partial charge < -0.3 is 22.8 Å². The monoisotopic (exact) mass is 1750 g/mol. The summed E-state index contributed by atoms with van der Waals surface area (Å²) in [5.41, 5.74) is 25.2. The molecule has 0 N–H and O–H groups in total. The van der Waals surface area contributed by atoms with Crippen LogP contribution in [0.3, 0.4) is 0 Å². The van der Waals surface area contributed by atoms with Gasteiger partial charge in [-0.3, -0.25) is 0 Å². The van der Waals surface area contributed by atoms with Crippen LogP contribution in [0.25, 0.3) is 279 Å². The minimum atomic E-state index is 0.700. The maximum Gasteiger partial charge on any atom is 0.160 e. The van der Waals surface area contributed by atoms with Gasteiger partial charge >= 0.3 is 0 Å². The van der Waals surface area contributed by atoms with E-state index in [1.165, 1.54) is 156 Å². The molecule has 0 saturated carbocycles. The number of para-hydroxylation sites is 8. The summed E-state index contributed by atoms with van der Waals surface area (Å²) >= 11 is 1.83. The van der Waals surface area contributed by atoms with Gasteiger partial charge in [0.1, 0.15) is 0 Å². The molecule has 0 bridgehead atoms. The molecule has 0 aliphatic rings. The molecule has 0 aliphatic heterocycles. The van der Waals surface area contributed by atoms with Crippen LogP contribution in [0.2, 0.25) is 0 Å². The van der Waals surface area contributed by atoms with E-state index in [-0.39, 0.29) is 0 Å². The number of hydrogen-bond donors (Lipinski definition) is 0. The Kier molecular flexibility index (Phi) is 16.6. The van der Waals surface area contributed by atoms with Crippen molar-refractivity contribution in [3.8, 4) is 73.7 Å². The third kappa shape index (κ3) is 11.7. The van der Waals surface area contributed by atoms with Crippen molar-refractivity contribution in [3.63, 3.8) is 0 Å². The van der Waals surface area contributed by atoms with Crippen LogP contribution in [0.5, 0.6) is 0 Å². The zero-order valence-corrected chi connectivity index (χ0v) is 74.1. The van der Waals surface area contributed by atoms with Crippen molar-refractivity contribution >= 4 is 216 Å². The standard InChI is InChI=1S/C68H41N5.C58H34N4S/c1-2-15-49(16-3-1)71-60-23-11-7-18-53(60)55-34-30-46(40-64(55)71)67-56-20-6-10-22-59(56)69-68(70-67)47-27-26-44-37-50(32-28-43(44)36-47)73-61-24-12-8-19-54(61)58-39-45-29-33-51(38-48(45)41-65(58)73)72-62-25-13-9-21-57(62)66-52-17-5-4-14-42(52)31-35-63(66)72;1-2-15-42-35(12-1)26-29-52-56(42)47-19-5-9-22-51(47)61(52)41-27-24-36-32-48-43-16-4-8-21-50(43)62(53(48)33-39(36)31-41)40-14-11-13-38(30-40)58-59-49-20-7-3-18-46(49)57(60-58)37-25-28-45-44-17-6-10-23-54(44)63-55(45)34-37/h1-41H;1-34H. The zero-order chi connectivity index (χ0) is 88.9. The maximum absolute atomic E-state index is 5.40. The molecule has 136 heavy (non-hydrogen) atoms. The Morgan fingerprint density at radius 3 is 1.06 bits per heavy atom. The minimum absolute atomic E-state index is 0.700. The van der Waals surface area contributed by atoms with Gasteiger partial charge in [-0.1, -0.05) is 291 Å². The van der Waals surface area contributed by atoms with Gasteiger partial charge in [-0.25, -0.2) is 19.9 Å². The van der Waals surface area contributed by atoms with Crippen LogP contribution in [0.15, 0.2) is 455 Å². The predicted octanol–water partition coefficient (Wildman–Crippen LogP) is 33.5. The first-order valence-corrected chi connectivity index (χ1v) is 47.2. The van der Waals surface area contributed by atoms with Crippen molar-refractivity contribution < 1.29 is 0 Å². The molecule has 8 aromatic heterocycles. The summed E-state index contributed by atoms with van der Waals surface area (Å²) in [6.07, 6.45) is 0. The average molecular weight is 1750 g/mol. The molecule has 22 aromatic carbocycles. The fraction of sp³-hybridized carbons (Fsp3) is 0. The van der Waals surface area contributed by atoms with E-state index in [4.69, 9.17) is 19.9 Å². The Hall–Kier alpha value is -18.0.